The van der Waals surface area contributed by atoms with Crippen LogP contribution in [0.5, 0.6) is 0 Å². The first kappa shape index (κ1) is 19.0. The average Bonchev–Trinajstić information content (AvgIpc) is 2.86. The fourth-order valence-corrected chi connectivity index (χ4v) is 3.24. The molecule has 0 aliphatic carbocycles. The van der Waals surface area contributed by atoms with E-state index >= 15 is 0 Å². The van der Waals surface area contributed by atoms with Crippen molar-refractivity contribution in [2.24, 2.45) is 5.92 Å². The fourth-order valence-electron chi connectivity index (χ4n) is 3.24. The Balaban J connectivity index is 2.16. The van der Waals surface area contributed by atoms with Crippen molar-refractivity contribution < 1.29 is 19.5 Å². The van der Waals surface area contributed by atoms with Crippen LogP contribution in [0.15, 0.2) is 12.1 Å². The van der Waals surface area contributed by atoms with Gasteiger partial charge in [0.15, 0.2) is 0 Å². The number of carboxylic acids is 1. The summed E-state index contributed by atoms with van der Waals surface area (Å²) < 4.78 is 0. The van der Waals surface area contributed by atoms with Crippen LogP contribution in [-0.4, -0.2) is 47.4 Å². The quantitative estimate of drug-likeness (QED) is 0.851. The number of carbonyl (C=O) groups is 3. The van der Waals surface area contributed by atoms with Gasteiger partial charge in [-0.3, -0.25) is 14.4 Å². The second kappa shape index (κ2) is 7.25. The molecule has 1 heterocycles. The van der Waals surface area contributed by atoms with Gasteiger partial charge in [-0.15, -0.1) is 0 Å². The van der Waals surface area contributed by atoms with E-state index in [0.717, 1.165) is 16.7 Å². The highest BCUT2D eigenvalue weighted by Crippen LogP contribution is 2.35. The number of likely N-dealkylation sites (N-methyl/N-ethyl adjacent to an activating group) is 1. The van der Waals surface area contributed by atoms with E-state index in [9.17, 15) is 14.4 Å². The number of hydrogen-bond donors (Lipinski definition) is 2. The van der Waals surface area contributed by atoms with Crippen molar-refractivity contribution in [1.29, 1.82) is 0 Å². The Labute approximate surface area is 148 Å². The summed E-state index contributed by atoms with van der Waals surface area (Å²) in [5.74, 6) is -2.33. The minimum absolute atomic E-state index is 0.0556. The lowest BCUT2D eigenvalue weighted by molar-refractivity contribution is -0.141. The SMILES string of the molecule is Cc1ccc(C2CC(C(=O)NCC(C)C(=O)O)N(C)C2=O)c(C)c1C. The molecule has 6 heteroatoms. The molecule has 1 aromatic rings. The molecule has 0 spiro atoms. The number of benzene rings is 1. The van der Waals surface area contributed by atoms with E-state index < -0.39 is 17.9 Å². The van der Waals surface area contributed by atoms with E-state index in [1.807, 2.05) is 32.9 Å². The maximum Gasteiger partial charge on any atom is 0.308 e. The molecule has 0 radical (unpaired) electrons. The Bertz CT molecular complexity index is 714. The smallest absolute Gasteiger partial charge is 0.308 e. The number of hydrogen-bond acceptors (Lipinski definition) is 3. The first-order valence-electron chi connectivity index (χ1n) is 8.49. The van der Waals surface area contributed by atoms with Crippen molar-refractivity contribution in [1.82, 2.24) is 10.2 Å². The third kappa shape index (κ3) is 3.67. The van der Waals surface area contributed by atoms with Gasteiger partial charge in [-0.25, -0.2) is 0 Å². The van der Waals surface area contributed by atoms with E-state index in [1.165, 1.54) is 17.4 Å². The number of aryl methyl sites for hydroxylation is 1. The molecule has 1 aliphatic rings. The molecular formula is C19H26N2O4. The highest BCUT2D eigenvalue weighted by atomic mass is 16.4. The number of amides is 2. The minimum Gasteiger partial charge on any atom is -0.481 e. The zero-order valence-corrected chi connectivity index (χ0v) is 15.4. The minimum atomic E-state index is -0.959. The molecule has 2 N–H and O–H groups in total. The average molecular weight is 346 g/mol. The molecule has 25 heavy (non-hydrogen) atoms. The summed E-state index contributed by atoms with van der Waals surface area (Å²) in [5, 5.41) is 11.6. The first-order valence-corrected chi connectivity index (χ1v) is 8.49. The lowest BCUT2D eigenvalue weighted by atomic mass is 9.88. The monoisotopic (exact) mass is 346 g/mol. The van der Waals surface area contributed by atoms with Gasteiger partial charge in [0.1, 0.15) is 6.04 Å². The third-order valence-electron chi connectivity index (χ3n) is 5.35. The number of nitrogens with one attached hydrogen (secondary N) is 1. The Morgan fingerprint density at radius 2 is 1.92 bits per heavy atom. The van der Waals surface area contributed by atoms with E-state index in [4.69, 9.17) is 5.11 Å². The molecular weight excluding hydrogens is 320 g/mol. The maximum absolute atomic E-state index is 12.7. The molecule has 3 atom stereocenters. The van der Waals surface area contributed by atoms with Crippen molar-refractivity contribution in [3.05, 3.63) is 34.4 Å². The zero-order chi connectivity index (χ0) is 18.9. The van der Waals surface area contributed by atoms with Crippen molar-refractivity contribution in [2.45, 2.75) is 46.1 Å². The van der Waals surface area contributed by atoms with Crippen LogP contribution in [0.2, 0.25) is 0 Å². The predicted octanol–water partition coefficient (Wildman–Crippen LogP) is 1.76. The lowest BCUT2D eigenvalue weighted by Gasteiger charge is -2.19. The molecule has 136 valence electrons. The summed E-state index contributed by atoms with van der Waals surface area (Å²) in [4.78, 5) is 37.4. The molecule has 2 rings (SSSR count). The van der Waals surface area contributed by atoms with Crippen LogP contribution in [0.4, 0.5) is 0 Å². The normalized spacial score (nSPS) is 21.3. The van der Waals surface area contributed by atoms with Crippen LogP contribution < -0.4 is 5.32 Å². The Kier molecular flexibility index (Phi) is 5.50. The van der Waals surface area contributed by atoms with Gasteiger partial charge >= 0.3 is 5.97 Å². The Morgan fingerprint density at radius 3 is 2.52 bits per heavy atom. The van der Waals surface area contributed by atoms with Gasteiger partial charge in [-0.05, 0) is 49.4 Å². The molecule has 3 unspecified atom stereocenters. The summed E-state index contributed by atoms with van der Waals surface area (Å²) in [6, 6.07) is 3.41. The lowest BCUT2D eigenvalue weighted by Crippen LogP contribution is -2.44. The van der Waals surface area contributed by atoms with Crippen LogP contribution in [0, 0.1) is 26.7 Å². The zero-order valence-electron chi connectivity index (χ0n) is 15.4. The van der Waals surface area contributed by atoms with E-state index in [0.29, 0.717) is 6.42 Å². The van der Waals surface area contributed by atoms with Crippen molar-refractivity contribution >= 4 is 17.8 Å². The topological polar surface area (TPSA) is 86.7 Å². The van der Waals surface area contributed by atoms with Gasteiger partial charge in [0, 0.05) is 13.6 Å². The largest absolute Gasteiger partial charge is 0.481 e. The Hall–Kier alpha value is -2.37. The molecule has 1 fully saturated rings. The predicted molar refractivity (Wildman–Crippen MR) is 94.4 cm³/mol. The number of aliphatic carboxylic acids is 1. The van der Waals surface area contributed by atoms with Gasteiger partial charge in [-0.1, -0.05) is 19.1 Å². The van der Waals surface area contributed by atoms with Gasteiger partial charge in [0.2, 0.25) is 11.8 Å². The van der Waals surface area contributed by atoms with Crippen LogP contribution >= 0.6 is 0 Å². The second-order valence-corrected chi connectivity index (χ2v) is 6.96. The number of nitrogens with zero attached hydrogens (tertiary/aromatic N) is 1. The number of carbonyl (C=O) groups excluding carboxylic acids is 2. The molecule has 1 saturated heterocycles. The standard InChI is InChI=1S/C19H26N2O4/c1-10-6-7-14(13(4)12(10)3)15-8-16(21(5)18(15)23)17(22)20-9-11(2)19(24)25/h6-7,11,15-16H,8-9H2,1-5H3,(H,20,22)(H,24,25). The van der Waals surface area contributed by atoms with E-state index in [-0.39, 0.29) is 24.3 Å². The van der Waals surface area contributed by atoms with Crippen LogP contribution in [-0.2, 0) is 14.4 Å². The summed E-state index contributed by atoms with van der Waals surface area (Å²) in [6.45, 7) is 7.67. The molecule has 6 nitrogen and oxygen atoms in total. The second-order valence-electron chi connectivity index (χ2n) is 6.96. The van der Waals surface area contributed by atoms with Crippen LogP contribution in [0.1, 0.15) is 41.5 Å². The maximum atomic E-state index is 12.7. The highest BCUT2D eigenvalue weighted by Gasteiger charge is 2.42. The number of rotatable bonds is 5. The summed E-state index contributed by atoms with van der Waals surface area (Å²) in [7, 11) is 1.63. The van der Waals surface area contributed by atoms with Gasteiger partial charge < -0.3 is 15.3 Å². The number of likely N-dealkylation sites (tertiary alicyclic amines) is 1. The molecule has 0 bridgehead atoms. The molecule has 2 amide bonds. The van der Waals surface area contributed by atoms with E-state index in [1.54, 1.807) is 7.05 Å². The third-order valence-corrected chi connectivity index (χ3v) is 5.35. The summed E-state index contributed by atoms with van der Waals surface area (Å²) in [5.41, 5.74) is 4.40. The summed E-state index contributed by atoms with van der Waals surface area (Å²) in [6.07, 6.45) is 0.409. The fraction of sp³-hybridized carbons (Fsp3) is 0.526. The van der Waals surface area contributed by atoms with Crippen molar-refractivity contribution in [2.75, 3.05) is 13.6 Å². The Morgan fingerprint density at radius 1 is 1.28 bits per heavy atom. The first-order chi connectivity index (χ1) is 11.6. The van der Waals surface area contributed by atoms with E-state index in [2.05, 4.69) is 5.32 Å². The van der Waals surface area contributed by atoms with Crippen molar-refractivity contribution in [3.8, 4) is 0 Å². The number of carboxylic acid groups (broad SMARTS) is 1. The van der Waals surface area contributed by atoms with Crippen LogP contribution in [0.25, 0.3) is 0 Å². The van der Waals surface area contributed by atoms with Gasteiger partial charge in [0.25, 0.3) is 0 Å². The summed E-state index contributed by atoms with van der Waals surface area (Å²) >= 11 is 0. The highest BCUT2D eigenvalue weighted by molar-refractivity contribution is 5.94. The van der Waals surface area contributed by atoms with Crippen molar-refractivity contribution in [3.63, 3.8) is 0 Å². The molecule has 0 aromatic heterocycles. The molecule has 0 saturated carbocycles. The molecule has 1 aliphatic heterocycles. The van der Waals surface area contributed by atoms with Gasteiger partial charge in [0.05, 0.1) is 11.8 Å². The molecule has 1 aromatic carbocycles. The van der Waals surface area contributed by atoms with Gasteiger partial charge in [-0.2, -0.15) is 0 Å². The van der Waals surface area contributed by atoms with Crippen LogP contribution in [0.3, 0.4) is 0 Å².